The molecule has 1 aliphatic heterocycles. The Morgan fingerprint density at radius 1 is 0.767 bits per heavy atom. The maximum atomic E-state index is 14.4. The van der Waals surface area contributed by atoms with Gasteiger partial charge in [0.2, 0.25) is 0 Å². The van der Waals surface area contributed by atoms with Crippen molar-refractivity contribution < 1.29 is 23.9 Å². The summed E-state index contributed by atoms with van der Waals surface area (Å²) >= 11 is 12.5. The first-order valence-corrected chi connectivity index (χ1v) is 14.5. The fourth-order valence-electron chi connectivity index (χ4n) is 6.96. The lowest BCUT2D eigenvalue weighted by Gasteiger charge is -2.45. The first-order chi connectivity index (χ1) is 20.8. The number of ketones is 1. The predicted octanol–water partition coefficient (Wildman–Crippen LogP) is 6.13. The van der Waals surface area contributed by atoms with E-state index >= 15 is 0 Å². The summed E-state index contributed by atoms with van der Waals surface area (Å²) in [4.78, 5) is 56.6. The van der Waals surface area contributed by atoms with Crippen molar-refractivity contribution in [2.75, 3.05) is 13.7 Å². The number of rotatable bonds is 6. The van der Waals surface area contributed by atoms with E-state index in [2.05, 4.69) is 0 Å². The normalized spacial score (nSPS) is 21.2. The molecule has 9 heteroatoms. The molecule has 214 valence electrons. The van der Waals surface area contributed by atoms with Gasteiger partial charge in [0.25, 0.3) is 17.7 Å². The van der Waals surface area contributed by atoms with Crippen molar-refractivity contribution in [3.05, 3.63) is 134 Å². The van der Waals surface area contributed by atoms with Gasteiger partial charge in [0.1, 0.15) is 12.3 Å². The molecule has 0 spiro atoms. The van der Waals surface area contributed by atoms with Crippen molar-refractivity contribution in [1.29, 1.82) is 0 Å². The van der Waals surface area contributed by atoms with Crippen molar-refractivity contribution >= 4 is 46.7 Å². The van der Waals surface area contributed by atoms with Gasteiger partial charge in [-0.1, -0.05) is 83.9 Å². The molecule has 1 heterocycles. The summed E-state index contributed by atoms with van der Waals surface area (Å²) in [6.45, 7) is -0.572. The van der Waals surface area contributed by atoms with Crippen LogP contribution >= 0.6 is 23.2 Å². The van der Waals surface area contributed by atoms with Crippen LogP contribution in [0.3, 0.4) is 0 Å². The molecule has 2 atom stereocenters. The molecule has 0 radical (unpaired) electrons. The highest BCUT2D eigenvalue weighted by atomic mass is 35.5. The molecule has 4 aromatic rings. The number of hydrogen-bond acceptors (Lipinski definition) is 5. The standard InChI is InChI=1S/C34H24Cl2N2O5/c1-43-20-8-6-7-18(15-20)27(39)17-37(32(40)25-14-13-19(35)16-26(25)36)38-33(41)30-28-21-9-2-3-10-22(21)29(31(30)34(38)42)24-12-5-4-11-23(24)28/h2-16,28-31H,17H2,1H3/t28?,29?,30-,31+. The predicted molar refractivity (Wildman–Crippen MR) is 160 cm³/mol. The lowest BCUT2D eigenvalue weighted by molar-refractivity contribution is -0.154. The van der Waals surface area contributed by atoms with Crippen molar-refractivity contribution in [2.24, 2.45) is 11.8 Å². The minimum Gasteiger partial charge on any atom is -0.497 e. The Kier molecular flexibility index (Phi) is 6.60. The number of halogens is 2. The maximum Gasteiger partial charge on any atom is 0.274 e. The van der Waals surface area contributed by atoms with E-state index in [4.69, 9.17) is 27.9 Å². The average Bonchev–Trinajstić information content (AvgIpc) is 3.29. The number of carbonyl (C=O) groups excluding carboxylic acids is 4. The molecule has 3 amide bonds. The highest BCUT2D eigenvalue weighted by Crippen LogP contribution is 2.61. The zero-order chi connectivity index (χ0) is 30.0. The van der Waals surface area contributed by atoms with Crippen LogP contribution in [-0.4, -0.2) is 47.2 Å². The molecule has 0 aromatic heterocycles. The Hall–Kier alpha value is -4.46. The van der Waals surface area contributed by atoms with Gasteiger partial charge in [-0.05, 0) is 52.6 Å². The van der Waals surface area contributed by atoms with Crippen molar-refractivity contribution in [1.82, 2.24) is 10.0 Å². The van der Waals surface area contributed by atoms with Gasteiger partial charge in [-0.15, -0.1) is 0 Å². The van der Waals surface area contributed by atoms with E-state index in [1.54, 1.807) is 24.3 Å². The molecule has 4 aliphatic rings. The van der Waals surface area contributed by atoms with Crippen LogP contribution in [0, 0.1) is 11.8 Å². The summed E-state index contributed by atoms with van der Waals surface area (Å²) in [5.41, 5.74) is 4.27. The topological polar surface area (TPSA) is 84.0 Å². The monoisotopic (exact) mass is 610 g/mol. The van der Waals surface area contributed by atoms with E-state index in [0.717, 1.165) is 32.3 Å². The first-order valence-electron chi connectivity index (χ1n) is 13.8. The average molecular weight is 611 g/mol. The van der Waals surface area contributed by atoms with Crippen molar-refractivity contribution in [3.63, 3.8) is 0 Å². The molecule has 4 aromatic carbocycles. The molecule has 7 nitrogen and oxygen atoms in total. The van der Waals surface area contributed by atoms with Gasteiger partial charge in [-0.25, -0.2) is 5.01 Å². The quantitative estimate of drug-likeness (QED) is 0.194. The lowest BCUT2D eigenvalue weighted by Crippen LogP contribution is -2.52. The van der Waals surface area contributed by atoms with Crippen LogP contribution in [0.4, 0.5) is 0 Å². The number of methoxy groups -OCH3 is 1. The highest BCUT2D eigenvalue weighted by Gasteiger charge is 2.63. The number of hydrazine groups is 1. The third-order valence-corrected chi connectivity index (χ3v) is 9.30. The number of hydrogen-bond donors (Lipinski definition) is 0. The van der Waals surface area contributed by atoms with E-state index in [1.807, 2.05) is 48.5 Å². The Morgan fingerprint density at radius 3 is 1.84 bits per heavy atom. The zero-order valence-corrected chi connectivity index (χ0v) is 24.4. The molecular weight excluding hydrogens is 587 g/mol. The molecule has 1 saturated heterocycles. The van der Waals surface area contributed by atoms with Crippen LogP contribution in [0.5, 0.6) is 5.75 Å². The number of nitrogens with zero attached hydrogens (tertiary/aromatic N) is 2. The second-order valence-electron chi connectivity index (χ2n) is 10.9. The van der Waals surface area contributed by atoms with E-state index < -0.39 is 41.9 Å². The van der Waals surface area contributed by atoms with E-state index in [9.17, 15) is 19.2 Å². The van der Waals surface area contributed by atoms with Crippen LogP contribution in [0.1, 0.15) is 54.8 Å². The first kappa shape index (κ1) is 27.4. The zero-order valence-electron chi connectivity index (χ0n) is 22.9. The summed E-state index contributed by atoms with van der Waals surface area (Å²) in [6.07, 6.45) is 0. The molecule has 1 fully saturated rings. The molecule has 0 saturated carbocycles. The number of Topliss-reactive ketones (excluding diaryl/α,β-unsaturated/α-hetero) is 1. The van der Waals surface area contributed by atoms with Gasteiger partial charge in [0.05, 0.1) is 29.5 Å². The molecule has 2 bridgehead atoms. The van der Waals surface area contributed by atoms with Gasteiger partial charge < -0.3 is 4.74 Å². The number of amides is 3. The fourth-order valence-corrected chi connectivity index (χ4v) is 7.45. The van der Waals surface area contributed by atoms with Crippen molar-refractivity contribution in [3.8, 4) is 5.75 Å². The van der Waals surface area contributed by atoms with Gasteiger partial charge in [0, 0.05) is 22.4 Å². The second kappa shape index (κ2) is 10.4. The number of imide groups is 1. The maximum absolute atomic E-state index is 14.4. The van der Waals surface area contributed by atoms with Gasteiger partial charge in [-0.3, -0.25) is 19.2 Å². The third-order valence-electron chi connectivity index (χ3n) is 8.75. The summed E-state index contributed by atoms with van der Waals surface area (Å²) in [7, 11) is 1.48. The Bertz CT molecular complexity index is 1740. The van der Waals surface area contributed by atoms with Crippen LogP contribution in [0.2, 0.25) is 10.0 Å². The second-order valence-corrected chi connectivity index (χ2v) is 11.7. The number of ether oxygens (including phenoxy) is 1. The molecular formula is C34H24Cl2N2O5. The fraction of sp³-hybridized carbons (Fsp3) is 0.176. The van der Waals surface area contributed by atoms with Crippen LogP contribution in [0.15, 0.2) is 91.0 Å². The van der Waals surface area contributed by atoms with Crippen LogP contribution in [0.25, 0.3) is 0 Å². The van der Waals surface area contributed by atoms with Crippen LogP contribution < -0.4 is 4.74 Å². The summed E-state index contributed by atoms with van der Waals surface area (Å²) in [5.74, 6) is -4.03. The van der Waals surface area contributed by atoms with E-state index in [1.165, 1.54) is 25.3 Å². The smallest absolute Gasteiger partial charge is 0.274 e. The largest absolute Gasteiger partial charge is 0.497 e. The third kappa shape index (κ3) is 4.18. The Morgan fingerprint density at radius 2 is 1.33 bits per heavy atom. The molecule has 43 heavy (non-hydrogen) atoms. The SMILES string of the molecule is COc1cccc(C(=O)CN(C(=O)c2ccc(Cl)cc2Cl)N2C(=O)[C@@H]3C4c5ccccc5C(c5ccccc54)[C@@H]3C2=O)c1. The molecule has 0 N–H and O–H groups in total. The van der Waals surface area contributed by atoms with Gasteiger partial charge in [-0.2, -0.15) is 5.01 Å². The summed E-state index contributed by atoms with van der Waals surface area (Å²) in [6, 6.07) is 26.5. The summed E-state index contributed by atoms with van der Waals surface area (Å²) < 4.78 is 5.26. The Balaban J connectivity index is 1.34. The lowest BCUT2D eigenvalue weighted by atomic mass is 9.55. The molecule has 0 unspecified atom stereocenters. The van der Waals surface area contributed by atoms with Crippen molar-refractivity contribution in [2.45, 2.75) is 11.8 Å². The molecule has 8 rings (SSSR count). The van der Waals surface area contributed by atoms with Gasteiger partial charge >= 0.3 is 0 Å². The minimum absolute atomic E-state index is 0.00882. The summed E-state index contributed by atoms with van der Waals surface area (Å²) in [5, 5.41) is 2.17. The number of carbonyl (C=O) groups is 4. The van der Waals surface area contributed by atoms with Crippen LogP contribution in [-0.2, 0) is 9.59 Å². The Labute approximate surface area is 257 Å². The minimum atomic E-state index is -0.763. The van der Waals surface area contributed by atoms with Gasteiger partial charge in [0.15, 0.2) is 5.78 Å². The van der Waals surface area contributed by atoms with E-state index in [0.29, 0.717) is 10.8 Å². The van der Waals surface area contributed by atoms with E-state index in [-0.39, 0.29) is 28.0 Å². The number of benzene rings is 4. The highest BCUT2D eigenvalue weighted by molar-refractivity contribution is 6.36. The molecule has 3 aliphatic carbocycles.